The minimum atomic E-state index is -0.447. The largest absolute Gasteiger partial charge is 0.482 e. The van der Waals surface area contributed by atoms with Crippen LogP contribution in [0.5, 0.6) is 5.75 Å². The number of nitrogens with two attached hydrogens (primary N) is 1. The van der Waals surface area contributed by atoms with Crippen LogP contribution in [0.1, 0.15) is 37.4 Å². The highest BCUT2D eigenvalue weighted by molar-refractivity contribution is 9.10. The Morgan fingerprint density at radius 1 is 1.36 bits per heavy atom. The maximum Gasteiger partial charge on any atom is 0.264 e. The number of ether oxygens (including phenoxy) is 1. The van der Waals surface area contributed by atoms with Crippen molar-refractivity contribution in [2.75, 3.05) is 0 Å². The van der Waals surface area contributed by atoms with Crippen LogP contribution in [0.4, 0.5) is 0 Å². The molecule has 120 valence electrons. The zero-order chi connectivity index (χ0) is 14.9. The van der Waals surface area contributed by atoms with Crippen LogP contribution in [0.3, 0.4) is 0 Å². The molecule has 1 aliphatic carbocycles. The van der Waals surface area contributed by atoms with Gasteiger partial charge in [0, 0.05) is 4.47 Å². The summed E-state index contributed by atoms with van der Waals surface area (Å²) < 4.78 is 11.7. The normalized spacial score (nSPS) is 16.3. The summed E-state index contributed by atoms with van der Waals surface area (Å²) in [5.74, 6) is 1.55. The second kappa shape index (κ2) is 7.17. The van der Waals surface area contributed by atoms with E-state index in [0.717, 1.165) is 30.2 Å². The van der Waals surface area contributed by atoms with E-state index in [0.29, 0.717) is 22.5 Å². The Morgan fingerprint density at radius 2 is 2.09 bits per heavy atom. The Labute approximate surface area is 148 Å². The molecule has 1 saturated carbocycles. The second-order valence-corrected chi connectivity index (χ2v) is 6.56. The van der Waals surface area contributed by atoms with Crippen LogP contribution in [0.2, 0.25) is 5.02 Å². The van der Waals surface area contributed by atoms with Gasteiger partial charge in [-0.15, -0.1) is 12.4 Å². The molecule has 1 aliphatic rings. The Hall–Kier alpha value is -0.820. The van der Waals surface area contributed by atoms with Crippen molar-refractivity contribution < 1.29 is 9.26 Å². The summed E-state index contributed by atoms with van der Waals surface area (Å²) in [5, 5.41) is 4.51. The predicted octanol–water partition coefficient (Wildman–Crippen LogP) is 4.21. The standard InChI is InChI=1S/C14H15BrClN3O2.ClH/c15-9-3-4-11(10(16)7-9)20-8-12-18-13(19-21-12)14(17)5-1-2-6-14;/h3-4,7H,1-2,5-6,8,17H2;1H. The number of nitrogens with zero attached hydrogens (tertiary/aromatic N) is 2. The van der Waals surface area contributed by atoms with Crippen LogP contribution in [-0.2, 0) is 12.1 Å². The van der Waals surface area contributed by atoms with Gasteiger partial charge in [0.05, 0.1) is 10.6 Å². The van der Waals surface area contributed by atoms with Gasteiger partial charge in [-0.3, -0.25) is 0 Å². The van der Waals surface area contributed by atoms with E-state index in [1.165, 1.54) is 0 Å². The third kappa shape index (κ3) is 3.74. The molecule has 1 fully saturated rings. The highest BCUT2D eigenvalue weighted by atomic mass is 79.9. The van der Waals surface area contributed by atoms with E-state index in [2.05, 4.69) is 26.1 Å². The Balaban J connectivity index is 0.00000176. The van der Waals surface area contributed by atoms with Crippen molar-refractivity contribution in [3.8, 4) is 5.75 Å². The lowest BCUT2D eigenvalue weighted by molar-refractivity contribution is 0.241. The Morgan fingerprint density at radius 3 is 2.77 bits per heavy atom. The van der Waals surface area contributed by atoms with Gasteiger partial charge in [0.15, 0.2) is 12.4 Å². The fraction of sp³-hybridized carbons (Fsp3) is 0.429. The first-order chi connectivity index (χ1) is 10.1. The minimum Gasteiger partial charge on any atom is -0.482 e. The van der Waals surface area contributed by atoms with Crippen LogP contribution in [0, 0.1) is 0 Å². The molecule has 0 aliphatic heterocycles. The van der Waals surface area contributed by atoms with Gasteiger partial charge in [-0.25, -0.2) is 0 Å². The summed E-state index contributed by atoms with van der Waals surface area (Å²) in [4.78, 5) is 4.35. The molecule has 3 rings (SSSR count). The van der Waals surface area contributed by atoms with Crippen molar-refractivity contribution in [2.24, 2.45) is 5.73 Å². The zero-order valence-corrected chi connectivity index (χ0v) is 14.9. The van der Waals surface area contributed by atoms with Crippen LogP contribution in [0.25, 0.3) is 0 Å². The predicted molar refractivity (Wildman–Crippen MR) is 89.4 cm³/mol. The average Bonchev–Trinajstić information content (AvgIpc) is 3.08. The lowest BCUT2D eigenvalue weighted by Crippen LogP contribution is -2.34. The van der Waals surface area contributed by atoms with Crippen LogP contribution in [-0.4, -0.2) is 10.1 Å². The fourth-order valence-corrected chi connectivity index (χ4v) is 3.20. The molecule has 5 nitrogen and oxygen atoms in total. The molecule has 1 heterocycles. The van der Waals surface area contributed by atoms with Gasteiger partial charge in [-0.05, 0) is 31.0 Å². The molecule has 1 aromatic heterocycles. The molecular formula is C14H16BrCl2N3O2. The van der Waals surface area contributed by atoms with E-state index in [1.807, 2.05) is 6.07 Å². The van der Waals surface area contributed by atoms with Gasteiger partial charge in [0.1, 0.15) is 5.75 Å². The van der Waals surface area contributed by atoms with Crippen molar-refractivity contribution in [2.45, 2.75) is 37.8 Å². The quantitative estimate of drug-likeness (QED) is 0.819. The summed E-state index contributed by atoms with van der Waals surface area (Å²) in [6.07, 6.45) is 3.99. The Bertz CT molecular complexity index is 645. The first-order valence-electron chi connectivity index (χ1n) is 6.77. The van der Waals surface area contributed by atoms with Crippen molar-refractivity contribution in [1.82, 2.24) is 10.1 Å². The summed E-state index contributed by atoms with van der Waals surface area (Å²) in [5.41, 5.74) is 5.84. The van der Waals surface area contributed by atoms with Gasteiger partial charge in [-0.1, -0.05) is 45.5 Å². The fourth-order valence-electron chi connectivity index (χ4n) is 2.48. The van der Waals surface area contributed by atoms with Crippen molar-refractivity contribution in [3.05, 3.63) is 39.4 Å². The molecule has 0 saturated heterocycles. The van der Waals surface area contributed by atoms with Gasteiger partial charge in [0.25, 0.3) is 5.89 Å². The second-order valence-electron chi connectivity index (χ2n) is 5.24. The SMILES string of the molecule is Cl.NC1(c2noc(COc3ccc(Br)cc3Cl)n2)CCCC1. The Kier molecular flexibility index (Phi) is 5.71. The first kappa shape index (κ1) is 17.5. The molecule has 22 heavy (non-hydrogen) atoms. The molecule has 0 unspecified atom stereocenters. The molecule has 1 aromatic carbocycles. The third-order valence-electron chi connectivity index (χ3n) is 3.65. The van der Waals surface area contributed by atoms with Gasteiger partial charge in [-0.2, -0.15) is 4.98 Å². The summed E-state index contributed by atoms with van der Waals surface area (Å²) in [7, 11) is 0. The minimum absolute atomic E-state index is 0. The highest BCUT2D eigenvalue weighted by Gasteiger charge is 2.35. The van der Waals surface area contributed by atoms with Crippen molar-refractivity contribution >= 4 is 39.9 Å². The smallest absolute Gasteiger partial charge is 0.264 e. The first-order valence-corrected chi connectivity index (χ1v) is 7.94. The number of hydrogen-bond acceptors (Lipinski definition) is 5. The number of halogens is 3. The maximum absolute atomic E-state index is 6.29. The van der Waals surface area contributed by atoms with Gasteiger partial charge < -0.3 is 15.0 Å². The maximum atomic E-state index is 6.29. The summed E-state index contributed by atoms with van der Waals surface area (Å²) in [6.45, 7) is 0.171. The molecule has 0 radical (unpaired) electrons. The number of hydrogen-bond donors (Lipinski definition) is 1. The van der Waals surface area contributed by atoms with Crippen LogP contribution < -0.4 is 10.5 Å². The number of aromatic nitrogens is 2. The van der Waals surface area contributed by atoms with Crippen LogP contribution in [0.15, 0.2) is 27.2 Å². The number of benzene rings is 1. The van der Waals surface area contributed by atoms with E-state index >= 15 is 0 Å². The van der Waals surface area contributed by atoms with Crippen LogP contribution >= 0.6 is 39.9 Å². The summed E-state index contributed by atoms with van der Waals surface area (Å²) in [6, 6.07) is 5.41. The lowest BCUT2D eigenvalue weighted by atomic mass is 9.99. The molecule has 2 aromatic rings. The van der Waals surface area contributed by atoms with Gasteiger partial charge >= 0.3 is 0 Å². The van der Waals surface area contributed by atoms with E-state index in [9.17, 15) is 0 Å². The molecule has 0 bridgehead atoms. The zero-order valence-electron chi connectivity index (χ0n) is 11.7. The van der Waals surface area contributed by atoms with E-state index in [-0.39, 0.29) is 19.0 Å². The van der Waals surface area contributed by atoms with Crippen molar-refractivity contribution in [3.63, 3.8) is 0 Å². The van der Waals surface area contributed by atoms with Crippen molar-refractivity contribution in [1.29, 1.82) is 0 Å². The molecule has 2 N–H and O–H groups in total. The molecule has 0 spiro atoms. The molecule has 0 atom stereocenters. The molecule has 8 heteroatoms. The topological polar surface area (TPSA) is 74.2 Å². The van der Waals surface area contributed by atoms with E-state index in [1.54, 1.807) is 12.1 Å². The number of rotatable bonds is 4. The third-order valence-corrected chi connectivity index (χ3v) is 4.44. The monoisotopic (exact) mass is 407 g/mol. The molecule has 0 amide bonds. The van der Waals surface area contributed by atoms with E-state index < -0.39 is 5.54 Å². The van der Waals surface area contributed by atoms with E-state index in [4.69, 9.17) is 26.6 Å². The average molecular weight is 409 g/mol. The van der Waals surface area contributed by atoms with Gasteiger partial charge in [0.2, 0.25) is 0 Å². The molecular weight excluding hydrogens is 393 g/mol. The summed E-state index contributed by atoms with van der Waals surface area (Å²) >= 11 is 9.43. The lowest BCUT2D eigenvalue weighted by Gasteiger charge is -2.17. The highest BCUT2D eigenvalue weighted by Crippen LogP contribution is 2.34.